The predicted octanol–water partition coefficient (Wildman–Crippen LogP) is 2.97. The number of rotatable bonds is 3. The van der Waals surface area contributed by atoms with Gasteiger partial charge in [0.1, 0.15) is 0 Å². The summed E-state index contributed by atoms with van der Waals surface area (Å²) in [6, 6.07) is 5.84. The number of hydrogen-bond donors (Lipinski definition) is 2. The molecule has 0 spiro atoms. The molecule has 1 aliphatic carbocycles. The minimum absolute atomic E-state index is 0.0763. The van der Waals surface area contributed by atoms with Gasteiger partial charge in [-0.2, -0.15) is 0 Å². The van der Waals surface area contributed by atoms with Crippen molar-refractivity contribution in [2.24, 2.45) is 5.92 Å². The number of aryl methyl sites for hydroxylation is 2. The summed E-state index contributed by atoms with van der Waals surface area (Å²) in [6.45, 7) is 6.46. The first-order valence-corrected chi connectivity index (χ1v) is 7.48. The number of amides is 1. The van der Waals surface area contributed by atoms with Crippen LogP contribution in [-0.2, 0) is 0 Å². The molecule has 0 radical (unpaired) electrons. The number of carbonyl (C=O) groups is 1. The average molecular weight is 275 g/mol. The van der Waals surface area contributed by atoms with Crippen molar-refractivity contribution < 1.29 is 9.90 Å². The van der Waals surface area contributed by atoms with Crippen molar-refractivity contribution in [3.05, 3.63) is 34.9 Å². The summed E-state index contributed by atoms with van der Waals surface area (Å²) in [6.07, 6.45) is 3.63. The van der Waals surface area contributed by atoms with Crippen molar-refractivity contribution in [1.29, 1.82) is 0 Å². The van der Waals surface area contributed by atoms with Gasteiger partial charge < -0.3 is 10.4 Å². The summed E-state index contributed by atoms with van der Waals surface area (Å²) in [5.74, 6) is 0.609. The van der Waals surface area contributed by atoms with E-state index in [0.717, 1.165) is 42.4 Å². The van der Waals surface area contributed by atoms with Gasteiger partial charge in [0.25, 0.3) is 5.91 Å². The molecule has 1 aromatic rings. The second kappa shape index (κ2) is 5.96. The molecule has 1 saturated carbocycles. The lowest BCUT2D eigenvalue weighted by molar-refractivity contribution is -0.00541. The molecule has 3 nitrogen and oxygen atoms in total. The molecule has 0 unspecified atom stereocenters. The number of aliphatic hydroxyl groups is 1. The Morgan fingerprint density at radius 2 is 1.85 bits per heavy atom. The molecule has 20 heavy (non-hydrogen) atoms. The van der Waals surface area contributed by atoms with Crippen molar-refractivity contribution >= 4 is 5.91 Å². The van der Waals surface area contributed by atoms with Crippen LogP contribution in [0, 0.1) is 19.8 Å². The zero-order valence-corrected chi connectivity index (χ0v) is 12.7. The second-order valence-corrected chi connectivity index (χ2v) is 6.36. The highest BCUT2D eigenvalue weighted by atomic mass is 16.3. The Kier molecular flexibility index (Phi) is 4.48. The van der Waals surface area contributed by atoms with E-state index in [2.05, 4.69) is 12.2 Å². The van der Waals surface area contributed by atoms with Crippen LogP contribution in [0.1, 0.15) is 54.1 Å². The molecule has 1 aliphatic rings. The van der Waals surface area contributed by atoms with Crippen molar-refractivity contribution in [2.45, 2.75) is 52.1 Å². The summed E-state index contributed by atoms with van der Waals surface area (Å²) in [7, 11) is 0. The van der Waals surface area contributed by atoms with E-state index in [1.807, 2.05) is 32.0 Å². The van der Waals surface area contributed by atoms with E-state index < -0.39 is 5.60 Å². The largest absolute Gasteiger partial charge is 0.388 e. The van der Waals surface area contributed by atoms with E-state index in [-0.39, 0.29) is 5.91 Å². The van der Waals surface area contributed by atoms with Crippen LogP contribution in [0.5, 0.6) is 0 Å². The maximum atomic E-state index is 12.3. The molecule has 0 bridgehead atoms. The molecular formula is C17H25NO2. The van der Waals surface area contributed by atoms with E-state index in [0.29, 0.717) is 12.5 Å². The lowest BCUT2D eigenvalue weighted by atomic mass is 9.79. The minimum atomic E-state index is -0.723. The molecule has 1 amide bonds. The van der Waals surface area contributed by atoms with Crippen molar-refractivity contribution in [1.82, 2.24) is 5.32 Å². The molecule has 0 atom stereocenters. The molecule has 1 aromatic carbocycles. The first kappa shape index (κ1) is 15.0. The number of hydrogen-bond acceptors (Lipinski definition) is 2. The third kappa shape index (κ3) is 3.40. The fraction of sp³-hybridized carbons (Fsp3) is 0.588. The van der Waals surface area contributed by atoms with Crippen LogP contribution in [0.3, 0.4) is 0 Å². The summed E-state index contributed by atoms with van der Waals surface area (Å²) >= 11 is 0. The maximum Gasteiger partial charge on any atom is 0.251 e. The van der Waals surface area contributed by atoms with Crippen LogP contribution in [-0.4, -0.2) is 23.2 Å². The SMILES string of the molecule is Cc1cccc(C)c1C(=O)NCC1(O)CCC(C)CC1. The fourth-order valence-corrected chi connectivity index (χ4v) is 2.98. The van der Waals surface area contributed by atoms with Crippen LogP contribution >= 0.6 is 0 Å². The number of nitrogens with one attached hydrogen (secondary N) is 1. The quantitative estimate of drug-likeness (QED) is 0.891. The minimum Gasteiger partial charge on any atom is -0.388 e. The van der Waals surface area contributed by atoms with E-state index in [1.54, 1.807) is 0 Å². The highest BCUT2D eigenvalue weighted by Crippen LogP contribution is 2.31. The third-order valence-electron chi connectivity index (χ3n) is 4.49. The monoisotopic (exact) mass is 275 g/mol. The maximum absolute atomic E-state index is 12.3. The van der Waals surface area contributed by atoms with Gasteiger partial charge >= 0.3 is 0 Å². The lowest BCUT2D eigenvalue weighted by Gasteiger charge is -2.35. The highest BCUT2D eigenvalue weighted by Gasteiger charge is 2.32. The van der Waals surface area contributed by atoms with Gasteiger partial charge in [-0.3, -0.25) is 4.79 Å². The summed E-state index contributed by atoms with van der Waals surface area (Å²) in [4.78, 5) is 12.3. The van der Waals surface area contributed by atoms with Gasteiger partial charge in [-0.1, -0.05) is 25.1 Å². The molecule has 2 N–H and O–H groups in total. The smallest absolute Gasteiger partial charge is 0.251 e. The average Bonchev–Trinajstić information content (AvgIpc) is 2.40. The topological polar surface area (TPSA) is 49.3 Å². The van der Waals surface area contributed by atoms with Crippen molar-refractivity contribution in [2.75, 3.05) is 6.54 Å². The van der Waals surface area contributed by atoms with Gasteiger partial charge in [0.15, 0.2) is 0 Å². The predicted molar refractivity (Wildman–Crippen MR) is 80.8 cm³/mol. The molecule has 0 heterocycles. The molecular weight excluding hydrogens is 250 g/mol. The van der Waals surface area contributed by atoms with E-state index >= 15 is 0 Å². The Bertz CT molecular complexity index is 468. The standard InChI is InChI=1S/C17H25NO2/c1-12-7-9-17(20,10-8-12)11-18-16(19)15-13(2)5-4-6-14(15)3/h4-6,12,20H,7-11H2,1-3H3,(H,18,19). The molecule has 2 rings (SSSR count). The second-order valence-electron chi connectivity index (χ2n) is 6.36. The molecule has 0 aliphatic heterocycles. The summed E-state index contributed by atoms with van der Waals surface area (Å²) < 4.78 is 0. The van der Waals surface area contributed by atoms with Crippen molar-refractivity contribution in [3.63, 3.8) is 0 Å². The van der Waals surface area contributed by atoms with E-state index in [4.69, 9.17) is 0 Å². The lowest BCUT2D eigenvalue weighted by Crippen LogP contribution is -2.45. The van der Waals surface area contributed by atoms with Gasteiger partial charge in [-0.15, -0.1) is 0 Å². The van der Waals surface area contributed by atoms with E-state index in [9.17, 15) is 9.90 Å². The Morgan fingerprint density at radius 3 is 2.40 bits per heavy atom. The molecule has 0 aromatic heterocycles. The Morgan fingerprint density at radius 1 is 1.30 bits per heavy atom. The van der Waals surface area contributed by atoms with Crippen LogP contribution in [0.4, 0.5) is 0 Å². The normalized spacial score (nSPS) is 26.3. The Labute approximate surface area is 121 Å². The van der Waals surface area contributed by atoms with Crippen molar-refractivity contribution in [3.8, 4) is 0 Å². The third-order valence-corrected chi connectivity index (χ3v) is 4.49. The van der Waals surface area contributed by atoms with Gasteiger partial charge in [-0.05, 0) is 56.6 Å². The zero-order chi connectivity index (χ0) is 14.8. The Hall–Kier alpha value is -1.35. The van der Waals surface area contributed by atoms with Gasteiger partial charge in [0.2, 0.25) is 0 Å². The molecule has 1 fully saturated rings. The van der Waals surface area contributed by atoms with Crippen LogP contribution in [0.2, 0.25) is 0 Å². The summed E-state index contributed by atoms with van der Waals surface area (Å²) in [5.41, 5.74) is 1.97. The first-order chi connectivity index (χ1) is 9.41. The van der Waals surface area contributed by atoms with Gasteiger partial charge in [0.05, 0.1) is 5.60 Å². The number of benzene rings is 1. The Balaban J connectivity index is 1.99. The fourth-order valence-electron chi connectivity index (χ4n) is 2.98. The summed E-state index contributed by atoms with van der Waals surface area (Å²) in [5, 5.41) is 13.4. The molecule has 110 valence electrons. The van der Waals surface area contributed by atoms with Crippen LogP contribution < -0.4 is 5.32 Å². The first-order valence-electron chi connectivity index (χ1n) is 7.48. The molecule has 0 saturated heterocycles. The van der Waals surface area contributed by atoms with E-state index in [1.165, 1.54) is 0 Å². The van der Waals surface area contributed by atoms with Gasteiger partial charge in [0, 0.05) is 12.1 Å². The van der Waals surface area contributed by atoms with Crippen LogP contribution in [0.25, 0.3) is 0 Å². The number of carbonyl (C=O) groups excluding carboxylic acids is 1. The molecule has 3 heteroatoms. The zero-order valence-electron chi connectivity index (χ0n) is 12.7. The highest BCUT2D eigenvalue weighted by molar-refractivity contribution is 5.97. The van der Waals surface area contributed by atoms with Gasteiger partial charge in [-0.25, -0.2) is 0 Å². The van der Waals surface area contributed by atoms with Crippen LogP contribution in [0.15, 0.2) is 18.2 Å².